The molecular weight excluding hydrogens is 396 g/mol. The van der Waals surface area contributed by atoms with E-state index < -0.39 is 0 Å². The number of carbonyl (C=O) groups is 1. The van der Waals surface area contributed by atoms with Crippen LogP contribution < -0.4 is 10.6 Å². The molecule has 0 spiro atoms. The summed E-state index contributed by atoms with van der Waals surface area (Å²) in [5.41, 5.74) is 1.76. The molecule has 2 bridgehead atoms. The quantitative estimate of drug-likeness (QED) is 0.476. The normalized spacial score (nSPS) is 23.5. The first-order valence-electron chi connectivity index (χ1n) is 11.3. The van der Waals surface area contributed by atoms with Gasteiger partial charge in [0, 0.05) is 12.1 Å². The molecule has 4 nitrogen and oxygen atoms in total. The van der Waals surface area contributed by atoms with Gasteiger partial charge in [0.05, 0.1) is 17.2 Å². The van der Waals surface area contributed by atoms with E-state index in [0.717, 1.165) is 37.4 Å². The van der Waals surface area contributed by atoms with Gasteiger partial charge in [-0.15, -0.1) is 0 Å². The van der Waals surface area contributed by atoms with Crippen LogP contribution in [0.1, 0.15) is 81.1 Å². The first-order valence-corrected chi connectivity index (χ1v) is 11.6. The minimum Gasteiger partial charge on any atom is -0.394 e. The summed E-state index contributed by atoms with van der Waals surface area (Å²) in [7, 11) is 0. The summed E-state index contributed by atoms with van der Waals surface area (Å²) in [6, 6.07) is 5.78. The summed E-state index contributed by atoms with van der Waals surface area (Å²) >= 11 is 6.35. The number of nitrogens with one attached hydrogen (secondary N) is 2. The molecule has 0 saturated heterocycles. The molecule has 5 heteroatoms. The molecule has 0 aromatic heterocycles. The Bertz CT molecular complexity index is 694. The molecule has 1 aromatic carbocycles. The van der Waals surface area contributed by atoms with E-state index in [2.05, 4.69) is 10.6 Å². The Kier molecular flexibility index (Phi) is 9.20. The molecule has 30 heavy (non-hydrogen) atoms. The molecular formula is C25H39ClN2O2. The highest BCUT2D eigenvalue weighted by Crippen LogP contribution is 2.48. The topological polar surface area (TPSA) is 61.4 Å². The van der Waals surface area contributed by atoms with Gasteiger partial charge < -0.3 is 15.7 Å². The lowest BCUT2D eigenvalue weighted by Gasteiger charge is -2.45. The molecule has 3 rings (SSSR count). The number of hydrogen-bond acceptors (Lipinski definition) is 3. The number of carbonyl (C=O) groups excluding carboxylic acids is 1. The summed E-state index contributed by atoms with van der Waals surface area (Å²) in [5, 5.41) is 16.4. The number of aryl methyl sites for hydroxylation is 1. The van der Waals surface area contributed by atoms with Gasteiger partial charge in [-0.25, -0.2) is 0 Å². The van der Waals surface area contributed by atoms with Gasteiger partial charge >= 0.3 is 0 Å². The molecule has 168 valence electrons. The first kappa shape index (κ1) is 25.2. The number of benzene rings is 1. The van der Waals surface area contributed by atoms with Crippen molar-refractivity contribution >= 4 is 17.5 Å². The van der Waals surface area contributed by atoms with Crippen LogP contribution in [0.3, 0.4) is 0 Å². The van der Waals surface area contributed by atoms with Crippen molar-refractivity contribution in [1.82, 2.24) is 10.6 Å². The second-order valence-electron chi connectivity index (χ2n) is 9.92. The maximum atomic E-state index is 12.9. The van der Waals surface area contributed by atoms with Gasteiger partial charge in [0.25, 0.3) is 5.91 Å². The Labute approximate surface area is 188 Å². The molecule has 0 aliphatic heterocycles. The zero-order chi connectivity index (χ0) is 20.9. The fourth-order valence-corrected chi connectivity index (χ4v) is 5.31. The number of hydrogen-bond donors (Lipinski definition) is 3. The van der Waals surface area contributed by atoms with Crippen molar-refractivity contribution in [2.45, 2.75) is 77.2 Å². The third-order valence-electron chi connectivity index (χ3n) is 6.90. The van der Waals surface area contributed by atoms with Crippen LogP contribution in [0, 0.1) is 18.8 Å². The summed E-state index contributed by atoms with van der Waals surface area (Å²) in [6.07, 6.45) is 10.9. The number of aliphatic hydroxyl groups excluding tert-OH is 1. The molecule has 2 saturated carbocycles. The summed E-state index contributed by atoms with van der Waals surface area (Å²) in [5.74, 6) is 0.823. The van der Waals surface area contributed by atoms with Crippen LogP contribution in [-0.2, 0) is 6.42 Å². The van der Waals surface area contributed by atoms with E-state index in [1.165, 1.54) is 44.9 Å². The highest BCUT2D eigenvalue weighted by Gasteiger charge is 2.39. The first-order chi connectivity index (χ1) is 13.8. The largest absolute Gasteiger partial charge is 0.394 e. The smallest absolute Gasteiger partial charge is 0.252 e. The number of amides is 1. The van der Waals surface area contributed by atoms with Gasteiger partial charge in [-0.3, -0.25) is 4.79 Å². The maximum absolute atomic E-state index is 12.9. The van der Waals surface area contributed by atoms with Gasteiger partial charge in [-0.05, 0) is 81.5 Å². The number of fused-ring (bicyclic) bond motifs is 2. The van der Waals surface area contributed by atoms with Crippen LogP contribution in [0.15, 0.2) is 18.2 Å². The lowest BCUT2D eigenvalue weighted by atomic mass is 9.62. The molecule has 2 aliphatic rings. The Morgan fingerprint density at radius 2 is 1.97 bits per heavy atom. The average molecular weight is 435 g/mol. The Morgan fingerprint density at radius 1 is 1.27 bits per heavy atom. The van der Waals surface area contributed by atoms with Gasteiger partial charge in [-0.2, -0.15) is 0 Å². The van der Waals surface area contributed by atoms with Crippen LogP contribution in [0.2, 0.25) is 5.02 Å². The maximum Gasteiger partial charge on any atom is 0.252 e. The Balaban J connectivity index is 0.00000320. The van der Waals surface area contributed by atoms with Crippen molar-refractivity contribution in [2.24, 2.45) is 11.3 Å². The van der Waals surface area contributed by atoms with Crippen LogP contribution in [0.4, 0.5) is 0 Å². The van der Waals surface area contributed by atoms with Gasteiger partial charge in [0.1, 0.15) is 0 Å². The number of rotatable bonds is 9. The molecule has 2 fully saturated rings. The van der Waals surface area contributed by atoms with E-state index in [0.29, 0.717) is 16.0 Å². The fraction of sp³-hybridized carbons (Fsp3) is 0.680. The monoisotopic (exact) mass is 434 g/mol. The predicted octanol–water partition coefficient (Wildman–Crippen LogP) is 5.05. The summed E-state index contributed by atoms with van der Waals surface area (Å²) in [6.45, 7) is 5.68. The van der Waals surface area contributed by atoms with E-state index >= 15 is 0 Å². The molecule has 1 amide bonds. The summed E-state index contributed by atoms with van der Waals surface area (Å²) in [4.78, 5) is 12.9. The van der Waals surface area contributed by atoms with Gasteiger partial charge in [0.15, 0.2) is 0 Å². The Hall–Kier alpha value is -1.10. The molecule has 0 heterocycles. The van der Waals surface area contributed by atoms with Crippen molar-refractivity contribution in [3.8, 4) is 0 Å². The predicted molar refractivity (Wildman–Crippen MR) is 125 cm³/mol. The van der Waals surface area contributed by atoms with E-state index in [4.69, 9.17) is 11.6 Å². The van der Waals surface area contributed by atoms with Crippen molar-refractivity contribution in [3.63, 3.8) is 0 Å². The van der Waals surface area contributed by atoms with Crippen LogP contribution in [-0.4, -0.2) is 36.2 Å². The van der Waals surface area contributed by atoms with Crippen molar-refractivity contribution in [3.05, 3.63) is 41.8 Å². The number of aliphatic hydroxyl groups is 1. The second-order valence-corrected chi connectivity index (χ2v) is 10.3. The standard InChI is InChI=1S/C24H37ClN2O2.CH2/c1-23(2,17-28)27-13-5-8-18-9-10-21(25)20(14-18)22(29)26-16-24-11-3-6-19(15-24)7-4-12-24;/h9-10,14,19,27-28H,3-8,11-13,15-17H2,1-2H3,(H,26,29);1H2. The van der Waals surface area contributed by atoms with Crippen LogP contribution >= 0.6 is 11.6 Å². The lowest BCUT2D eigenvalue weighted by Crippen LogP contribution is -2.43. The molecule has 1 aromatic rings. The zero-order valence-corrected chi connectivity index (χ0v) is 19.5. The van der Waals surface area contributed by atoms with E-state index in [1.54, 1.807) is 0 Å². The SMILES string of the molecule is CC(C)(CO)NCCCc1ccc(Cl)c(C(=O)NCC23CCCC(CCC2)C3)c1.[CH2]. The highest BCUT2D eigenvalue weighted by atomic mass is 35.5. The molecule has 3 N–H and O–H groups in total. The number of halogens is 1. The lowest BCUT2D eigenvalue weighted by molar-refractivity contribution is 0.0681. The molecule has 0 unspecified atom stereocenters. The Morgan fingerprint density at radius 3 is 2.63 bits per heavy atom. The van der Waals surface area contributed by atoms with Gasteiger partial charge in [-0.1, -0.05) is 50.8 Å². The minimum absolute atomic E-state index is 0. The minimum atomic E-state index is -0.262. The fourth-order valence-electron chi connectivity index (χ4n) is 5.11. The van der Waals surface area contributed by atoms with Gasteiger partial charge in [0.2, 0.25) is 0 Å². The average Bonchev–Trinajstić information content (AvgIpc) is 2.71. The molecule has 0 atom stereocenters. The molecule has 2 aliphatic carbocycles. The van der Waals surface area contributed by atoms with Crippen molar-refractivity contribution in [1.29, 1.82) is 0 Å². The van der Waals surface area contributed by atoms with Crippen LogP contribution in [0.5, 0.6) is 0 Å². The van der Waals surface area contributed by atoms with E-state index in [1.807, 2.05) is 32.0 Å². The summed E-state index contributed by atoms with van der Waals surface area (Å²) < 4.78 is 0. The third kappa shape index (κ3) is 6.70. The van der Waals surface area contributed by atoms with E-state index in [-0.39, 0.29) is 25.5 Å². The van der Waals surface area contributed by atoms with Crippen LogP contribution in [0.25, 0.3) is 0 Å². The zero-order valence-electron chi connectivity index (χ0n) is 18.7. The molecule has 2 radical (unpaired) electrons. The van der Waals surface area contributed by atoms with E-state index in [9.17, 15) is 9.90 Å². The van der Waals surface area contributed by atoms with Crippen molar-refractivity contribution in [2.75, 3.05) is 19.7 Å². The third-order valence-corrected chi connectivity index (χ3v) is 7.23. The van der Waals surface area contributed by atoms with Crippen molar-refractivity contribution < 1.29 is 9.90 Å². The second kappa shape index (κ2) is 11.0. The highest BCUT2D eigenvalue weighted by molar-refractivity contribution is 6.33.